The van der Waals surface area contributed by atoms with Crippen LogP contribution in [0.1, 0.15) is 5.69 Å². The maximum Gasteiger partial charge on any atom is 0.152 e. The number of aliphatic hydroxyl groups excluding tert-OH is 1. The van der Waals surface area contributed by atoms with Crippen molar-refractivity contribution in [3.05, 3.63) is 35.2 Å². The SMILES string of the molecule is OCCNCc1c(Cl)nc2ccccn12. The predicted molar refractivity (Wildman–Crippen MR) is 59.0 cm³/mol. The molecule has 2 rings (SSSR count). The molecule has 80 valence electrons. The van der Waals surface area contributed by atoms with Crippen LogP contribution in [0.15, 0.2) is 24.4 Å². The van der Waals surface area contributed by atoms with Crippen molar-refractivity contribution < 1.29 is 5.11 Å². The summed E-state index contributed by atoms with van der Waals surface area (Å²) >= 11 is 6.01. The lowest BCUT2D eigenvalue weighted by atomic mass is 10.4. The number of nitrogens with zero attached hydrogens (tertiary/aromatic N) is 2. The van der Waals surface area contributed by atoms with Gasteiger partial charge >= 0.3 is 0 Å². The molecule has 0 bridgehead atoms. The number of hydrogen-bond acceptors (Lipinski definition) is 3. The van der Waals surface area contributed by atoms with Crippen LogP contribution in [0.3, 0.4) is 0 Å². The zero-order valence-electron chi connectivity index (χ0n) is 8.15. The van der Waals surface area contributed by atoms with E-state index in [1.165, 1.54) is 0 Å². The third-order valence-corrected chi connectivity index (χ3v) is 2.46. The van der Waals surface area contributed by atoms with Crippen molar-refractivity contribution in [2.24, 2.45) is 0 Å². The van der Waals surface area contributed by atoms with E-state index in [9.17, 15) is 0 Å². The summed E-state index contributed by atoms with van der Waals surface area (Å²) in [5, 5.41) is 12.2. The molecule has 5 heteroatoms. The maximum atomic E-state index is 8.66. The zero-order chi connectivity index (χ0) is 10.7. The van der Waals surface area contributed by atoms with Crippen molar-refractivity contribution >= 4 is 17.2 Å². The van der Waals surface area contributed by atoms with Gasteiger partial charge in [-0.25, -0.2) is 4.98 Å². The van der Waals surface area contributed by atoms with Gasteiger partial charge in [0.1, 0.15) is 5.65 Å². The van der Waals surface area contributed by atoms with Gasteiger partial charge in [0.2, 0.25) is 0 Å². The first-order valence-electron chi connectivity index (χ1n) is 4.76. The summed E-state index contributed by atoms with van der Waals surface area (Å²) in [6, 6.07) is 5.76. The molecule has 0 saturated heterocycles. The van der Waals surface area contributed by atoms with Crippen molar-refractivity contribution in [3.63, 3.8) is 0 Å². The molecule has 0 spiro atoms. The summed E-state index contributed by atoms with van der Waals surface area (Å²) in [4.78, 5) is 4.22. The summed E-state index contributed by atoms with van der Waals surface area (Å²) < 4.78 is 1.94. The van der Waals surface area contributed by atoms with Crippen molar-refractivity contribution in [2.45, 2.75) is 6.54 Å². The van der Waals surface area contributed by atoms with Gasteiger partial charge in [-0.05, 0) is 12.1 Å². The first-order chi connectivity index (χ1) is 7.33. The minimum absolute atomic E-state index is 0.119. The fourth-order valence-corrected chi connectivity index (χ4v) is 1.71. The molecule has 2 aromatic rings. The first-order valence-corrected chi connectivity index (χ1v) is 5.14. The van der Waals surface area contributed by atoms with E-state index >= 15 is 0 Å². The van der Waals surface area contributed by atoms with Crippen molar-refractivity contribution in [2.75, 3.05) is 13.2 Å². The summed E-state index contributed by atoms with van der Waals surface area (Å²) in [5.74, 6) is 0. The molecule has 15 heavy (non-hydrogen) atoms. The molecule has 0 fully saturated rings. The molecule has 0 amide bonds. The second kappa shape index (κ2) is 4.61. The number of imidazole rings is 1. The van der Waals surface area contributed by atoms with Gasteiger partial charge < -0.3 is 14.8 Å². The molecule has 0 aliphatic heterocycles. The Hall–Kier alpha value is -1.10. The van der Waals surface area contributed by atoms with Gasteiger partial charge in [0.25, 0.3) is 0 Å². The van der Waals surface area contributed by atoms with Gasteiger partial charge in [-0.1, -0.05) is 17.7 Å². The molecule has 4 nitrogen and oxygen atoms in total. The third-order valence-electron chi connectivity index (χ3n) is 2.16. The van der Waals surface area contributed by atoms with Crippen molar-refractivity contribution in [3.8, 4) is 0 Å². The van der Waals surface area contributed by atoms with Crippen LogP contribution >= 0.6 is 11.6 Å². The lowest BCUT2D eigenvalue weighted by Gasteiger charge is -2.03. The zero-order valence-corrected chi connectivity index (χ0v) is 8.91. The second-order valence-electron chi connectivity index (χ2n) is 3.18. The molecule has 2 aromatic heterocycles. The van der Waals surface area contributed by atoms with E-state index in [1.54, 1.807) is 0 Å². The minimum atomic E-state index is 0.119. The smallest absolute Gasteiger partial charge is 0.152 e. The van der Waals surface area contributed by atoms with E-state index in [-0.39, 0.29) is 6.61 Å². The monoisotopic (exact) mass is 225 g/mol. The Morgan fingerprint density at radius 2 is 2.33 bits per heavy atom. The van der Waals surface area contributed by atoms with Gasteiger partial charge in [-0.2, -0.15) is 0 Å². The molecule has 2 N–H and O–H groups in total. The van der Waals surface area contributed by atoms with E-state index in [0.29, 0.717) is 18.2 Å². The van der Waals surface area contributed by atoms with Crippen LogP contribution in [0.4, 0.5) is 0 Å². The van der Waals surface area contributed by atoms with Gasteiger partial charge in [-0.15, -0.1) is 0 Å². The summed E-state index contributed by atoms with van der Waals surface area (Å²) in [5.41, 5.74) is 1.75. The lowest BCUT2D eigenvalue weighted by Crippen LogP contribution is -2.18. The summed E-state index contributed by atoms with van der Waals surface area (Å²) in [7, 11) is 0. The Bertz CT molecular complexity index is 455. The molecule has 2 heterocycles. The number of nitrogens with one attached hydrogen (secondary N) is 1. The van der Waals surface area contributed by atoms with Crippen LogP contribution in [0.25, 0.3) is 5.65 Å². The van der Waals surface area contributed by atoms with E-state index in [1.807, 2.05) is 28.8 Å². The molecule has 0 saturated carbocycles. The van der Waals surface area contributed by atoms with Crippen molar-refractivity contribution in [1.82, 2.24) is 14.7 Å². The Balaban J connectivity index is 2.28. The average Bonchev–Trinajstić information content (AvgIpc) is 2.56. The van der Waals surface area contributed by atoms with E-state index in [0.717, 1.165) is 11.3 Å². The maximum absolute atomic E-state index is 8.66. The third kappa shape index (κ3) is 2.12. The van der Waals surface area contributed by atoms with Crippen LogP contribution in [0.2, 0.25) is 5.15 Å². The highest BCUT2D eigenvalue weighted by atomic mass is 35.5. The standard InChI is InChI=1S/C10H12ClN3O/c11-10-8(7-12-4-6-15)14-5-2-1-3-9(14)13-10/h1-3,5,12,15H,4,6-7H2. The molecular formula is C10H12ClN3O. The molecule has 0 radical (unpaired) electrons. The van der Waals surface area contributed by atoms with E-state index in [2.05, 4.69) is 10.3 Å². The van der Waals surface area contributed by atoms with Gasteiger partial charge in [0.05, 0.1) is 12.3 Å². The molecular weight excluding hydrogens is 214 g/mol. The number of rotatable bonds is 4. The molecule has 0 unspecified atom stereocenters. The minimum Gasteiger partial charge on any atom is -0.395 e. The van der Waals surface area contributed by atoms with Gasteiger partial charge in [0, 0.05) is 19.3 Å². The van der Waals surface area contributed by atoms with E-state index < -0.39 is 0 Å². The van der Waals surface area contributed by atoms with Crippen LogP contribution < -0.4 is 5.32 Å². The first kappa shape index (κ1) is 10.4. The topological polar surface area (TPSA) is 49.6 Å². The molecule has 0 aliphatic carbocycles. The van der Waals surface area contributed by atoms with Crippen LogP contribution in [0.5, 0.6) is 0 Å². The number of halogens is 1. The Kier molecular flexibility index (Phi) is 3.20. The molecule has 0 aliphatic rings. The van der Waals surface area contributed by atoms with Crippen LogP contribution in [-0.2, 0) is 6.54 Å². The summed E-state index contributed by atoms with van der Waals surface area (Å²) in [6.07, 6.45) is 1.92. The number of aromatic nitrogens is 2. The number of fused-ring (bicyclic) bond motifs is 1. The Morgan fingerprint density at radius 1 is 1.47 bits per heavy atom. The number of hydrogen-bond donors (Lipinski definition) is 2. The Labute approximate surface area is 92.5 Å². The molecule has 0 atom stereocenters. The predicted octanol–water partition coefficient (Wildman–Crippen LogP) is 1.07. The Morgan fingerprint density at radius 3 is 3.13 bits per heavy atom. The lowest BCUT2D eigenvalue weighted by molar-refractivity contribution is 0.291. The largest absolute Gasteiger partial charge is 0.395 e. The van der Waals surface area contributed by atoms with Gasteiger partial charge in [-0.3, -0.25) is 0 Å². The van der Waals surface area contributed by atoms with E-state index in [4.69, 9.17) is 16.7 Å². The highest BCUT2D eigenvalue weighted by Gasteiger charge is 2.08. The summed E-state index contributed by atoms with van der Waals surface area (Å²) in [6.45, 7) is 1.27. The van der Waals surface area contributed by atoms with Crippen LogP contribution in [-0.4, -0.2) is 27.6 Å². The number of pyridine rings is 1. The number of aliphatic hydroxyl groups is 1. The quantitative estimate of drug-likeness (QED) is 0.766. The normalized spacial score (nSPS) is 11.1. The highest BCUT2D eigenvalue weighted by Crippen LogP contribution is 2.16. The fourth-order valence-electron chi connectivity index (χ4n) is 1.46. The van der Waals surface area contributed by atoms with Crippen LogP contribution in [0, 0.1) is 0 Å². The molecule has 0 aromatic carbocycles. The van der Waals surface area contributed by atoms with Gasteiger partial charge in [0.15, 0.2) is 5.15 Å². The fraction of sp³-hybridized carbons (Fsp3) is 0.300. The highest BCUT2D eigenvalue weighted by molar-refractivity contribution is 6.30. The van der Waals surface area contributed by atoms with Crippen molar-refractivity contribution in [1.29, 1.82) is 0 Å². The second-order valence-corrected chi connectivity index (χ2v) is 3.54. The average molecular weight is 226 g/mol.